The minimum Gasteiger partial charge on any atom is -0.496 e. The topological polar surface area (TPSA) is 87.5 Å². The van der Waals surface area contributed by atoms with Crippen molar-refractivity contribution in [3.05, 3.63) is 71.4 Å². The van der Waals surface area contributed by atoms with Crippen LogP contribution in [0, 0.1) is 0 Å². The number of hydrogen-bond donors (Lipinski definition) is 1. The summed E-state index contributed by atoms with van der Waals surface area (Å²) < 4.78 is 18.7. The fraction of sp³-hybridized carbons (Fsp3) is 0.250. The van der Waals surface area contributed by atoms with E-state index in [2.05, 4.69) is 23.5 Å². The lowest BCUT2D eigenvalue weighted by Crippen LogP contribution is -2.31. The summed E-state index contributed by atoms with van der Waals surface area (Å²) in [4.78, 5) is 18.2. The van der Waals surface area contributed by atoms with Gasteiger partial charge in [0.05, 0.1) is 21.3 Å². The number of rotatable bonds is 5. The molecule has 0 bridgehead atoms. The number of ketones is 1. The number of methoxy groups -OCH3 is 3. The van der Waals surface area contributed by atoms with Gasteiger partial charge in [0.15, 0.2) is 23.1 Å². The second-order valence-corrected chi connectivity index (χ2v) is 8.88. The molecule has 4 aromatic rings. The summed E-state index contributed by atoms with van der Waals surface area (Å²) in [5, 5.41) is 10.5. The summed E-state index contributed by atoms with van der Waals surface area (Å²) in [5.74, 6) is 2.95. The van der Waals surface area contributed by atoms with Crippen LogP contribution in [0.5, 0.6) is 17.2 Å². The predicted octanol–water partition coefficient (Wildman–Crippen LogP) is 5.15. The van der Waals surface area contributed by atoms with E-state index in [1.165, 1.54) is 0 Å². The highest BCUT2D eigenvalue weighted by Gasteiger charge is 2.39. The van der Waals surface area contributed by atoms with Gasteiger partial charge in [0.2, 0.25) is 5.95 Å². The van der Waals surface area contributed by atoms with Gasteiger partial charge in [-0.25, -0.2) is 4.68 Å². The molecule has 2 heterocycles. The van der Waals surface area contributed by atoms with Gasteiger partial charge in [-0.1, -0.05) is 42.5 Å². The largest absolute Gasteiger partial charge is 0.496 e. The number of aromatic nitrogens is 3. The lowest BCUT2D eigenvalue weighted by Gasteiger charge is -2.33. The number of ether oxygens (including phenoxy) is 3. The Morgan fingerprint density at radius 3 is 2.47 bits per heavy atom. The Kier molecular flexibility index (Phi) is 5.36. The second kappa shape index (κ2) is 8.71. The van der Waals surface area contributed by atoms with Crippen LogP contribution in [0.15, 0.2) is 65.9 Å². The molecule has 8 nitrogen and oxygen atoms in total. The van der Waals surface area contributed by atoms with Crippen molar-refractivity contribution in [2.45, 2.75) is 25.3 Å². The highest BCUT2D eigenvalue weighted by Crippen LogP contribution is 2.46. The molecule has 8 heteroatoms. The molecule has 3 aromatic carbocycles. The Bertz CT molecular complexity index is 1530. The monoisotopic (exact) mass is 482 g/mol. The maximum Gasteiger partial charge on any atom is 0.226 e. The molecule has 0 saturated heterocycles. The van der Waals surface area contributed by atoms with Gasteiger partial charge in [0.25, 0.3) is 0 Å². The molecule has 0 spiro atoms. The third-order valence-corrected chi connectivity index (χ3v) is 6.93. The minimum atomic E-state index is -0.518. The van der Waals surface area contributed by atoms with Crippen molar-refractivity contribution in [2.24, 2.45) is 0 Å². The summed E-state index contributed by atoms with van der Waals surface area (Å²) >= 11 is 0. The van der Waals surface area contributed by atoms with Crippen molar-refractivity contribution in [2.75, 3.05) is 26.6 Å². The predicted molar refractivity (Wildman–Crippen MR) is 137 cm³/mol. The van der Waals surface area contributed by atoms with Crippen molar-refractivity contribution in [3.63, 3.8) is 0 Å². The molecule has 0 amide bonds. The van der Waals surface area contributed by atoms with Crippen LogP contribution in [-0.2, 0) is 4.79 Å². The van der Waals surface area contributed by atoms with Gasteiger partial charge >= 0.3 is 0 Å². The molecule has 0 fully saturated rings. The first-order valence-corrected chi connectivity index (χ1v) is 11.9. The van der Waals surface area contributed by atoms with Crippen molar-refractivity contribution in [3.8, 4) is 28.6 Å². The van der Waals surface area contributed by atoms with Gasteiger partial charge in [0, 0.05) is 34.9 Å². The Labute approximate surface area is 208 Å². The van der Waals surface area contributed by atoms with Gasteiger partial charge in [-0.2, -0.15) is 4.98 Å². The highest BCUT2D eigenvalue weighted by atomic mass is 16.5. The number of nitrogens with one attached hydrogen (secondary N) is 1. The van der Waals surface area contributed by atoms with Gasteiger partial charge < -0.3 is 19.5 Å². The Morgan fingerprint density at radius 2 is 1.67 bits per heavy atom. The van der Waals surface area contributed by atoms with Crippen molar-refractivity contribution >= 4 is 22.5 Å². The maximum absolute atomic E-state index is 13.3. The molecule has 1 aliphatic carbocycles. The number of Topliss-reactive ketones (excluding diaryl/α,β-unsaturated/α-hetero) is 1. The molecule has 0 saturated carbocycles. The zero-order chi connectivity index (χ0) is 24.8. The van der Waals surface area contributed by atoms with Crippen LogP contribution in [-0.4, -0.2) is 41.9 Å². The normalized spacial score (nSPS) is 16.9. The molecule has 0 radical (unpaired) electrons. The first-order chi connectivity index (χ1) is 17.6. The lowest BCUT2D eigenvalue weighted by atomic mass is 9.85. The molecule has 2 aliphatic rings. The summed E-state index contributed by atoms with van der Waals surface area (Å²) in [6, 6.07) is 17.4. The zero-order valence-corrected chi connectivity index (χ0v) is 20.4. The first-order valence-electron chi connectivity index (χ1n) is 11.9. The number of allylic oxidation sites excluding steroid dienone is 2. The van der Waals surface area contributed by atoms with Crippen molar-refractivity contribution in [1.82, 2.24) is 14.8 Å². The summed E-state index contributed by atoms with van der Waals surface area (Å²) in [7, 11) is 4.78. The standard InChI is InChI=1S/C28H26N4O4/c1-34-22-15-24(36-3)23(35-2)14-19(22)26-25-20(12-7-13-21(25)33)29-28-30-27(31-32(26)28)18-11-6-9-16-8-4-5-10-17(16)18/h4-6,8-11,14-15,26H,7,12-13H2,1-3H3,(H,29,30,31). The SMILES string of the molecule is COc1cc(OC)c(C2C3=C(CCCC3=O)Nc3nc(-c4cccc5ccccc45)nn32)cc1OC. The first kappa shape index (κ1) is 22.2. The zero-order valence-electron chi connectivity index (χ0n) is 20.4. The third-order valence-electron chi connectivity index (χ3n) is 6.93. The number of anilines is 1. The minimum absolute atomic E-state index is 0.0958. The third kappa shape index (κ3) is 3.40. The van der Waals surface area contributed by atoms with E-state index >= 15 is 0 Å². The van der Waals surface area contributed by atoms with Crippen LogP contribution < -0.4 is 19.5 Å². The number of hydrogen-bond acceptors (Lipinski definition) is 7. The molecular formula is C28H26N4O4. The van der Waals surface area contributed by atoms with Gasteiger partial charge in [-0.3, -0.25) is 4.79 Å². The number of carbonyl (C=O) groups excluding carboxylic acids is 1. The van der Waals surface area contributed by atoms with Gasteiger partial charge in [0.1, 0.15) is 11.8 Å². The summed E-state index contributed by atoms with van der Waals surface area (Å²) in [6.45, 7) is 0. The van der Waals surface area contributed by atoms with Crippen molar-refractivity contribution < 1.29 is 19.0 Å². The summed E-state index contributed by atoms with van der Waals surface area (Å²) in [5.41, 5.74) is 3.26. The Hall–Kier alpha value is -4.33. The van der Waals surface area contributed by atoms with E-state index in [9.17, 15) is 4.79 Å². The van der Waals surface area contributed by atoms with E-state index in [0.717, 1.165) is 40.4 Å². The molecule has 1 atom stereocenters. The van der Waals surface area contributed by atoms with Crippen LogP contribution in [0.25, 0.3) is 22.2 Å². The van der Waals surface area contributed by atoms with Crippen LogP contribution in [0.2, 0.25) is 0 Å². The number of fused-ring (bicyclic) bond motifs is 2. The molecule has 1 aromatic heterocycles. The molecule has 1 N–H and O–H groups in total. The molecule has 1 unspecified atom stereocenters. The molecular weight excluding hydrogens is 456 g/mol. The molecule has 6 rings (SSSR count). The average Bonchev–Trinajstić information content (AvgIpc) is 3.34. The Balaban J connectivity index is 1.58. The number of nitrogens with zero attached hydrogens (tertiary/aromatic N) is 3. The molecule has 182 valence electrons. The number of benzene rings is 3. The lowest BCUT2D eigenvalue weighted by molar-refractivity contribution is -0.116. The average molecular weight is 483 g/mol. The smallest absolute Gasteiger partial charge is 0.226 e. The van der Waals surface area contributed by atoms with Crippen LogP contribution in [0.4, 0.5) is 5.95 Å². The number of carbonyl (C=O) groups is 1. The maximum atomic E-state index is 13.3. The molecule has 36 heavy (non-hydrogen) atoms. The van der Waals surface area contributed by atoms with Gasteiger partial charge in [-0.05, 0) is 29.7 Å². The van der Waals surface area contributed by atoms with E-state index in [1.54, 1.807) is 32.1 Å². The van der Waals surface area contributed by atoms with Crippen LogP contribution >= 0.6 is 0 Å². The highest BCUT2D eigenvalue weighted by molar-refractivity contribution is 6.00. The van der Waals surface area contributed by atoms with Crippen LogP contribution in [0.1, 0.15) is 30.9 Å². The summed E-state index contributed by atoms with van der Waals surface area (Å²) in [6.07, 6.45) is 2.06. The van der Waals surface area contributed by atoms with Crippen LogP contribution in [0.3, 0.4) is 0 Å². The fourth-order valence-electron chi connectivity index (χ4n) is 5.24. The van der Waals surface area contributed by atoms with E-state index in [0.29, 0.717) is 41.0 Å². The Morgan fingerprint density at radius 1 is 0.917 bits per heavy atom. The second-order valence-electron chi connectivity index (χ2n) is 8.88. The van der Waals surface area contributed by atoms with Crippen molar-refractivity contribution in [1.29, 1.82) is 0 Å². The fourth-order valence-corrected chi connectivity index (χ4v) is 5.24. The van der Waals surface area contributed by atoms with E-state index in [4.69, 9.17) is 24.3 Å². The van der Waals surface area contributed by atoms with Gasteiger partial charge in [-0.15, -0.1) is 5.10 Å². The molecule has 1 aliphatic heterocycles. The van der Waals surface area contributed by atoms with E-state index < -0.39 is 6.04 Å². The quantitative estimate of drug-likeness (QED) is 0.421. The van der Waals surface area contributed by atoms with E-state index in [-0.39, 0.29) is 5.78 Å². The van der Waals surface area contributed by atoms with E-state index in [1.807, 2.05) is 30.3 Å².